The van der Waals surface area contributed by atoms with Gasteiger partial charge >= 0.3 is 0 Å². The average molecular weight is 442 g/mol. The lowest BCUT2D eigenvalue weighted by molar-refractivity contribution is -0.119. The van der Waals surface area contributed by atoms with Crippen LogP contribution in [0.3, 0.4) is 0 Å². The van der Waals surface area contributed by atoms with Crippen LogP contribution in [-0.2, 0) is 17.9 Å². The second kappa shape index (κ2) is 8.54. The average Bonchev–Trinajstić information content (AvgIpc) is 3.42. The number of aromatic nitrogens is 4. The summed E-state index contributed by atoms with van der Waals surface area (Å²) in [6.07, 6.45) is 7.29. The van der Waals surface area contributed by atoms with Crippen molar-refractivity contribution in [2.45, 2.75) is 32.0 Å². The fourth-order valence-corrected chi connectivity index (χ4v) is 4.06. The maximum atomic E-state index is 13.0. The van der Waals surface area contributed by atoms with Crippen molar-refractivity contribution >= 4 is 36.9 Å². The zero-order valence-electron chi connectivity index (χ0n) is 17.1. The molecule has 0 radical (unpaired) electrons. The first-order valence-corrected chi connectivity index (χ1v) is 9.99. The van der Waals surface area contributed by atoms with Crippen LogP contribution in [0.5, 0.6) is 0 Å². The number of benzene rings is 1. The number of halogens is 1. The fourth-order valence-electron chi connectivity index (χ4n) is 4.06. The van der Waals surface area contributed by atoms with Crippen molar-refractivity contribution in [3.63, 3.8) is 0 Å². The number of hydrogen-bond acceptors (Lipinski definition) is 6. The van der Waals surface area contributed by atoms with Crippen molar-refractivity contribution in [1.82, 2.24) is 19.7 Å². The van der Waals surface area contributed by atoms with Crippen LogP contribution in [0.15, 0.2) is 42.9 Å². The van der Waals surface area contributed by atoms with Crippen LogP contribution in [-0.4, -0.2) is 45.3 Å². The van der Waals surface area contributed by atoms with Gasteiger partial charge in [-0.3, -0.25) is 9.48 Å². The van der Waals surface area contributed by atoms with Gasteiger partial charge in [-0.05, 0) is 30.5 Å². The van der Waals surface area contributed by atoms with E-state index in [1.165, 1.54) is 12.1 Å². The number of nitrogens with one attached hydrogen (secondary N) is 1. The minimum absolute atomic E-state index is 0. The summed E-state index contributed by atoms with van der Waals surface area (Å²) in [6, 6.07) is 6.29. The van der Waals surface area contributed by atoms with Crippen LogP contribution >= 0.6 is 13.5 Å². The van der Waals surface area contributed by atoms with E-state index >= 15 is 0 Å². The summed E-state index contributed by atoms with van der Waals surface area (Å²) >= 11 is 0. The highest BCUT2D eigenvalue weighted by Crippen LogP contribution is 2.37. The first-order chi connectivity index (χ1) is 14.6. The molecule has 2 aliphatic rings. The molecule has 1 atom stereocenters. The Morgan fingerprint density at radius 1 is 1.19 bits per heavy atom. The number of carbonyl (C=O) groups is 1. The number of rotatable bonds is 5. The standard InChI is InChI=1S/C21H22FN7O.H2S/c1-27-18-11-24-21(26-19(18)29-8-2-3-17(29)20(27)30)23-9-15-10-25-28(13-15)12-14-4-6-16(22)7-5-14;/h4-7,10-11,13,17H,2-3,8-9,12H2,1H3,(H,23,24,26);1H2/t17-;/m0./s1. The number of carbonyl (C=O) groups excluding carboxylic acids is 1. The largest absolute Gasteiger partial charge is 0.350 e. The van der Waals surface area contributed by atoms with Crippen molar-refractivity contribution in [1.29, 1.82) is 0 Å². The molecule has 2 aliphatic heterocycles. The summed E-state index contributed by atoms with van der Waals surface area (Å²) in [5.74, 6) is 1.19. The van der Waals surface area contributed by atoms with E-state index in [2.05, 4.69) is 25.3 Å². The highest BCUT2D eigenvalue weighted by molar-refractivity contribution is 7.59. The Morgan fingerprint density at radius 2 is 2.00 bits per heavy atom. The predicted molar refractivity (Wildman–Crippen MR) is 121 cm³/mol. The third kappa shape index (κ3) is 4.07. The fraction of sp³-hybridized carbons (Fsp3) is 0.333. The Bertz CT molecular complexity index is 1090. The molecule has 1 aromatic carbocycles. The number of nitrogens with zero attached hydrogens (tertiary/aromatic N) is 6. The van der Waals surface area contributed by atoms with Crippen LogP contribution in [0.25, 0.3) is 0 Å². The predicted octanol–water partition coefficient (Wildman–Crippen LogP) is 2.53. The molecule has 0 aliphatic carbocycles. The molecule has 5 rings (SSSR count). The van der Waals surface area contributed by atoms with E-state index in [1.54, 1.807) is 36.5 Å². The van der Waals surface area contributed by atoms with Gasteiger partial charge in [-0.15, -0.1) is 0 Å². The van der Waals surface area contributed by atoms with Gasteiger partial charge in [-0.2, -0.15) is 23.6 Å². The summed E-state index contributed by atoms with van der Waals surface area (Å²) < 4.78 is 14.9. The van der Waals surface area contributed by atoms with Crippen molar-refractivity contribution in [3.05, 3.63) is 59.8 Å². The van der Waals surface area contributed by atoms with Gasteiger partial charge < -0.3 is 15.1 Å². The molecule has 8 nitrogen and oxygen atoms in total. The van der Waals surface area contributed by atoms with E-state index < -0.39 is 0 Å². The van der Waals surface area contributed by atoms with Crippen LogP contribution in [0.4, 0.5) is 21.8 Å². The molecule has 0 unspecified atom stereocenters. The summed E-state index contributed by atoms with van der Waals surface area (Å²) in [7, 11) is 1.78. The lowest BCUT2D eigenvalue weighted by Crippen LogP contribution is -2.49. The normalized spacial score (nSPS) is 17.2. The zero-order chi connectivity index (χ0) is 20.7. The molecule has 1 N–H and O–H groups in total. The number of amides is 1. The number of hydrogen-bond donors (Lipinski definition) is 1. The van der Waals surface area contributed by atoms with E-state index in [-0.39, 0.29) is 31.3 Å². The summed E-state index contributed by atoms with van der Waals surface area (Å²) in [4.78, 5) is 25.3. The Kier molecular flexibility index (Phi) is 5.81. The van der Waals surface area contributed by atoms with Crippen molar-refractivity contribution in [2.75, 3.05) is 28.7 Å². The van der Waals surface area contributed by atoms with E-state index in [0.29, 0.717) is 19.0 Å². The number of likely N-dealkylation sites (N-methyl/N-ethyl adjacent to an activating group) is 1. The minimum atomic E-state index is -0.245. The van der Waals surface area contributed by atoms with Crippen LogP contribution in [0.2, 0.25) is 0 Å². The van der Waals surface area contributed by atoms with Crippen molar-refractivity contribution in [3.8, 4) is 0 Å². The van der Waals surface area contributed by atoms with Crippen molar-refractivity contribution in [2.24, 2.45) is 0 Å². The first kappa shape index (κ1) is 21.1. The van der Waals surface area contributed by atoms with Gasteiger partial charge in [0.25, 0.3) is 0 Å². The second-order valence-corrected chi connectivity index (χ2v) is 7.68. The van der Waals surface area contributed by atoms with Gasteiger partial charge in [-0.1, -0.05) is 12.1 Å². The quantitative estimate of drug-likeness (QED) is 0.656. The summed E-state index contributed by atoms with van der Waals surface area (Å²) in [6.45, 7) is 1.94. The molecule has 162 valence electrons. The Labute approximate surface area is 186 Å². The molecular formula is C21H24FN7OS. The van der Waals surface area contributed by atoms with Gasteiger partial charge in [0.2, 0.25) is 11.9 Å². The van der Waals surface area contributed by atoms with Gasteiger partial charge in [-0.25, -0.2) is 9.37 Å². The Hall–Kier alpha value is -3.14. The Morgan fingerprint density at radius 3 is 2.81 bits per heavy atom. The van der Waals surface area contributed by atoms with Crippen molar-refractivity contribution < 1.29 is 9.18 Å². The molecule has 1 amide bonds. The van der Waals surface area contributed by atoms with Crippen LogP contribution in [0, 0.1) is 5.82 Å². The summed E-state index contributed by atoms with van der Waals surface area (Å²) in [5, 5.41) is 7.61. The lowest BCUT2D eigenvalue weighted by atomic mass is 10.1. The summed E-state index contributed by atoms with van der Waals surface area (Å²) in [5.41, 5.74) is 2.72. The molecule has 1 saturated heterocycles. The molecule has 1 fully saturated rings. The third-order valence-electron chi connectivity index (χ3n) is 5.65. The maximum absolute atomic E-state index is 13.0. The molecule has 0 bridgehead atoms. The van der Waals surface area contributed by atoms with Gasteiger partial charge in [0, 0.05) is 31.9 Å². The second-order valence-electron chi connectivity index (χ2n) is 7.68. The molecule has 31 heavy (non-hydrogen) atoms. The molecule has 4 heterocycles. The van der Waals surface area contributed by atoms with Crippen LogP contribution in [0.1, 0.15) is 24.0 Å². The van der Waals surface area contributed by atoms with Crippen LogP contribution < -0.4 is 15.1 Å². The first-order valence-electron chi connectivity index (χ1n) is 9.99. The van der Waals surface area contributed by atoms with E-state index in [4.69, 9.17) is 0 Å². The third-order valence-corrected chi connectivity index (χ3v) is 5.65. The minimum Gasteiger partial charge on any atom is -0.350 e. The number of anilines is 3. The Balaban J connectivity index is 0.00000231. The molecule has 0 spiro atoms. The molecular weight excluding hydrogens is 417 g/mol. The van der Waals surface area contributed by atoms with Gasteiger partial charge in [0.1, 0.15) is 17.5 Å². The molecule has 2 aromatic heterocycles. The topological polar surface area (TPSA) is 79.2 Å². The maximum Gasteiger partial charge on any atom is 0.249 e. The van der Waals surface area contributed by atoms with E-state index in [0.717, 1.165) is 42.0 Å². The zero-order valence-corrected chi connectivity index (χ0v) is 18.1. The van der Waals surface area contributed by atoms with E-state index in [1.807, 2.05) is 10.9 Å². The number of fused-ring (bicyclic) bond motifs is 3. The monoisotopic (exact) mass is 441 g/mol. The molecule has 3 aromatic rings. The highest BCUT2D eigenvalue weighted by atomic mass is 32.1. The molecule has 10 heteroatoms. The van der Waals surface area contributed by atoms with E-state index in [9.17, 15) is 9.18 Å². The molecule has 0 saturated carbocycles. The van der Waals surface area contributed by atoms with Gasteiger partial charge in [0.15, 0.2) is 5.82 Å². The SMILES string of the molecule is CN1C(=O)[C@@H]2CCCN2c2nc(NCc3cnn(Cc4ccc(F)cc4)c3)ncc21.S. The smallest absolute Gasteiger partial charge is 0.249 e. The highest BCUT2D eigenvalue weighted by Gasteiger charge is 2.40. The van der Waals surface area contributed by atoms with Gasteiger partial charge in [0.05, 0.1) is 18.9 Å². The lowest BCUT2D eigenvalue weighted by Gasteiger charge is -2.36.